The van der Waals surface area contributed by atoms with E-state index in [-0.39, 0.29) is 6.04 Å². The van der Waals surface area contributed by atoms with Crippen LogP contribution in [0.25, 0.3) is 0 Å². The van der Waals surface area contributed by atoms with Gasteiger partial charge in [0.2, 0.25) is 0 Å². The molecule has 2 atom stereocenters. The van der Waals surface area contributed by atoms with Crippen LogP contribution >= 0.6 is 0 Å². The predicted octanol–water partition coefficient (Wildman–Crippen LogP) is 0.536. The van der Waals surface area contributed by atoms with Crippen molar-refractivity contribution in [2.24, 2.45) is 5.73 Å². The lowest BCUT2D eigenvalue weighted by Gasteiger charge is -2.40. The molecule has 2 rings (SSSR count). The number of halogens is 1. The van der Waals surface area contributed by atoms with Gasteiger partial charge in [0.05, 0.1) is 6.61 Å². The van der Waals surface area contributed by atoms with E-state index in [0.29, 0.717) is 18.9 Å². The lowest BCUT2D eigenvalue weighted by atomic mass is 9.99. The van der Waals surface area contributed by atoms with Crippen molar-refractivity contribution in [3.8, 4) is 0 Å². The summed E-state index contributed by atoms with van der Waals surface area (Å²) in [6, 6.07) is 0.524. The molecule has 3 nitrogen and oxygen atoms in total. The normalized spacial score (nSPS) is 37.3. The Hall–Kier alpha value is -0.190. The van der Waals surface area contributed by atoms with Crippen LogP contribution in [0.4, 0.5) is 4.39 Å². The van der Waals surface area contributed by atoms with E-state index >= 15 is 0 Å². The second-order valence-electron chi connectivity index (χ2n) is 4.31. The third kappa shape index (κ3) is 2.24. The van der Waals surface area contributed by atoms with Crippen LogP contribution < -0.4 is 5.73 Å². The summed E-state index contributed by atoms with van der Waals surface area (Å²) in [7, 11) is 0. The summed E-state index contributed by atoms with van der Waals surface area (Å²) in [5.74, 6) is 0. The minimum absolute atomic E-state index is 0.208. The van der Waals surface area contributed by atoms with E-state index in [2.05, 4.69) is 4.90 Å². The average Bonchev–Trinajstić information content (AvgIpc) is 2.20. The van der Waals surface area contributed by atoms with Gasteiger partial charge in [0.1, 0.15) is 6.17 Å². The molecule has 2 N–H and O–H groups in total. The Morgan fingerprint density at radius 1 is 1.21 bits per heavy atom. The molecular weight excluding hydrogens is 183 g/mol. The smallest absolute Gasteiger partial charge is 0.103 e. The fourth-order valence-electron chi connectivity index (χ4n) is 2.32. The molecule has 2 saturated heterocycles. The molecule has 0 aromatic rings. The standard InChI is InChI=1S/C10H19FN2O/c11-8-1-4-13(5-2-8)10-7-14-6-3-9(10)12/h8-10H,1-7,12H2. The van der Waals surface area contributed by atoms with Crippen LogP contribution in [-0.2, 0) is 4.74 Å². The van der Waals surface area contributed by atoms with Crippen molar-refractivity contribution in [2.75, 3.05) is 26.3 Å². The molecule has 0 amide bonds. The Morgan fingerprint density at radius 3 is 2.57 bits per heavy atom. The molecular formula is C10H19FN2O. The van der Waals surface area contributed by atoms with Crippen molar-refractivity contribution in [3.05, 3.63) is 0 Å². The Labute approximate surface area is 84.4 Å². The van der Waals surface area contributed by atoms with E-state index in [1.54, 1.807) is 0 Å². The van der Waals surface area contributed by atoms with Crippen LogP contribution in [0, 0.1) is 0 Å². The van der Waals surface area contributed by atoms with Crippen molar-refractivity contribution in [2.45, 2.75) is 37.5 Å². The molecule has 0 aliphatic carbocycles. The molecule has 2 aliphatic rings. The Morgan fingerprint density at radius 2 is 1.93 bits per heavy atom. The fourth-order valence-corrected chi connectivity index (χ4v) is 2.32. The topological polar surface area (TPSA) is 38.5 Å². The summed E-state index contributed by atoms with van der Waals surface area (Å²) < 4.78 is 18.3. The maximum atomic E-state index is 12.9. The Kier molecular flexibility index (Phi) is 3.36. The molecule has 0 saturated carbocycles. The minimum atomic E-state index is -0.605. The predicted molar refractivity (Wildman–Crippen MR) is 52.9 cm³/mol. The summed E-state index contributed by atoms with van der Waals surface area (Å²) in [6.45, 7) is 3.17. The van der Waals surface area contributed by atoms with Crippen LogP contribution in [0.15, 0.2) is 0 Å². The highest BCUT2D eigenvalue weighted by atomic mass is 19.1. The quantitative estimate of drug-likeness (QED) is 0.674. The van der Waals surface area contributed by atoms with Gasteiger partial charge in [-0.2, -0.15) is 0 Å². The van der Waals surface area contributed by atoms with Crippen molar-refractivity contribution in [3.63, 3.8) is 0 Å². The average molecular weight is 202 g/mol. The zero-order valence-electron chi connectivity index (χ0n) is 8.49. The fraction of sp³-hybridized carbons (Fsp3) is 1.00. The van der Waals surface area contributed by atoms with E-state index in [4.69, 9.17) is 10.5 Å². The van der Waals surface area contributed by atoms with Gasteiger partial charge in [-0.25, -0.2) is 4.39 Å². The number of likely N-dealkylation sites (tertiary alicyclic amines) is 1. The van der Waals surface area contributed by atoms with E-state index in [9.17, 15) is 4.39 Å². The largest absolute Gasteiger partial charge is 0.380 e. The third-order valence-corrected chi connectivity index (χ3v) is 3.31. The molecule has 2 aliphatic heterocycles. The number of ether oxygens (including phenoxy) is 1. The van der Waals surface area contributed by atoms with Crippen molar-refractivity contribution < 1.29 is 9.13 Å². The second kappa shape index (κ2) is 4.55. The number of nitrogens with two attached hydrogens (primary N) is 1. The molecule has 82 valence electrons. The number of hydrogen-bond acceptors (Lipinski definition) is 3. The Balaban J connectivity index is 1.87. The van der Waals surface area contributed by atoms with Gasteiger partial charge in [-0.15, -0.1) is 0 Å². The van der Waals surface area contributed by atoms with Crippen molar-refractivity contribution >= 4 is 0 Å². The van der Waals surface area contributed by atoms with Gasteiger partial charge in [-0.3, -0.25) is 4.90 Å². The monoisotopic (exact) mass is 202 g/mol. The van der Waals surface area contributed by atoms with Crippen LogP contribution in [0.3, 0.4) is 0 Å². The van der Waals surface area contributed by atoms with Crippen LogP contribution in [-0.4, -0.2) is 49.5 Å². The lowest BCUT2D eigenvalue weighted by Crippen LogP contribution is -2.55. The first-order valence-electron chi connectivity index (χ1n) is 5.49. The first kappa shape index (κ1) is 10.3. The van der Waals surface area contributed by atoms with Gasteiger partial charge in [0, 0.05) is 31.8 Å². The number of hydrogen-bond donors (Lipinski definition) is 1. The molecule has 0 aromatic carbocycles. The highest BCUT2D eigenvalue weighted by molar-refractivity contribution is 4.87. The summed E-state index contributed by atoms with van der Waals surface area (Å²) >= 11 is 0. The van der Waals surface area contributed by atoms with Crippen LogP contribution in [0.5, 0.6) is 0 Å². The molecule has 0 aromatic heterocycles. The van der Waals surface area contributed by atoms with Gasteiger partial charge in [-0.05, 0) is 19.3 Å². The first-order chi connectivity index (χ1) is 6.77. The molecule has 14 heavy (non-hydrogen) atoms. The second-order valence-corrected chi connectivity index (χ2v) is 4.31. The van der Waals surface area contributed by atoms with E-state index in [1.807, 2.05) is 0 Å². The van der Waals surface area contributed by atoms with Crippen LogP contribution in [0.1, 0.15) is 19.3 Å². The Bertz CT molecular complexity index is 183. The molecule has 0 radical (unpaired) electrons. The van der Waals surface area contributed by atoms with Crippen LogP contribution in [0.2, 0.25) is 0 Å². The lowest BCUT2D eigenvalue weighted by molar-refractivity contribution is -0.00890. The number of piperidine rings is 1. The molecule has 0 bridgehead atoms. The van der Waals surface area contributed by atoms with Crippen molar-refractivity contribution in [1.29, 1.82) is 0 Å². The summed E-state index contributed by atoms with van der Waals surface area (Å²) in [4.78, 5) is 2.29. The third-order valence-electron chi connectivity index (χ3n) is 3.31. The highest BCUT2D eigenvalue weighted by Gasteiger charge is 2.30. The molecule has 0 spiro atoms. The van der Waals surface area contributed by atoms with E-state index in [1.165, 1.54) is 0 Å². The van der Waals surface area contributed by atoms with Gasteiger partial charge in [0.25, 0.3) is 0 Å². The number of nitrogens with zero attached hydrogens (tertiary/aromatic N) is 1. The molecule has 2 unspecified atom stereocenters. The molecule has 2 heterocycles. The van der Waals surface area contributed by atoms with E-state index < -0.39 is 6.17 Å². The number of alkyl halides is 1. The van der Waals surface area contributed by atoms with Crippen molar-refractivity contribution in [1.82, 2.24) is 4.90 Å². The SMILES string of the molecule is NC1CCOCC1N1CCC(F)CC1. The molecule has 4 heteroatoms. The summed E-state index contributed by atoms with van der Waals surface area (Å²) in [6.07, 6.45) is 1.64. The van der Waals surface area contributed by atoms with E-state index in [0.717, 1.165) is 32.7 Å². The zero-order valence-corrected chi connectivity index (χ0v) is 8.49. The van der Waals surface area contributed by atoms with Gasteiger partial charge in [0.15, 0.2) is 0 Å². The van der Waals surface area contributed by atoms with Gasteiger partial charge in [-0.1, -0.05) is 0 Å². The summed E-state index contributed by atoms with van der Waals surface area (Å²) in [5.41, 5.74) is 6.03. The maximum absolute atomic E-state index is 12.9. The summed E-state index contributed by atoms with van der Waals surface area (Å²) in [5, 5.41) is 0. The van der Waals surface area contributed by atoms with Gasteiger partial charge >= 0.3 is 0 Å². The number of rotatable bonds is 1. The molecule has 2 fully saturated rings. The minimum Gasteiger partial charge on any atom is -0.380 e. The zero-order chi connectivity index (χ0) is 9.97. The van der Waals surface area contributed by atoms with Gasteiger partial charge < -0.3 is 10.5 Å². The first-order valence-corrected chi connectivity index (χ1v) is 5.49. The maximum Gasteiger partial charge on any atom is 0.103 e. The highest BCUT2D eigenvalue weighted by Crippen LogP contribution is 2.19.